The van der Waals surface area contributed by atoms with Gasteiger partial charge in [-0.1, -0.05) is 0 Å². The predicted molar refractivity (Wildman–Crippen MR) is 62.8 cm³/mol. The van der Waals surface area contributed by atoms with Crippen molar-refractivity contribution >= 4 is 5.82 Å². The topological polar surface area (TPSA) is 28.2 Å². The number of nitrogens with one attached hydrogen (secondary N) is 1. The van der Waals surface area contributed by atoms with Crippen LogP contribution in [-0.2, 0) is 0 Å². The highest BCUT2D eigenvalue weighted by Gasteiger charge is 2.24. The Morgan fingerprint density at radius 2 is 2.06 bits per heavy atom. The van der Waals surface area contributed by atoms with Crippen LogP contribution >= 0.6 is 0 Å². The van der Waals surface area contributed by atoms with Crippen LogP contribution in [0.3, 0.4) is 0 Å². The molecule has 3 nitrogen and oxygen atoms in total. The number of nitrogens with zero attached hydrogens (tertiary/aromatic N) is 2. The molecule has 1 aliphatic rings. The summed E-state index contributed by atoms with van der Waals surface area (Å²) in [5.41, 5.74) is 0. The number of pyridine rings is 1. The molecule has 2 rings (SSSR count). The summed E-state index contributed by atoms with van der Waals surface area (Å²) in [6.07, 6.45) is 1.64. The first-order valence-electron chi connectivity index (χ1n) is 5.95. The van der Waals surface area contributed by atoms with E-state index in [1.807, 2.05) is 7.05 Å². The van der Waals surface area contributed by atoms with Crippen LogP contribution in [0.15, 0.2) is 6.07 Å². The molecule has 0 saturated carbocycles. The maximum Gasteiger partial charge on any atom is 0.251 e. The Morgan fingerprint density at radius 3 is 2.72 bits per heavy atom. The molecule has 1 aromatic rings. The summed E-state index contributed by atoms with van der Waals surface area (Å²) in [6.45, 7) is 2.95. The number of hydrogen-bond donors (Lipinski definition) is 1. The average Bonchev–Trinajstić information content (AvgIpc) is 2.31. The van der Waals surface area contributed by atoms with Crippen molar-refractivity contribution in [2.24, 2.45) is 0 Å². The SMILES string of the molecule is CC1CC(Nc2nc(F)c(F)cc2F)CCN1C. The zero-order chi connectivity index (χ0) is 13.3. The maximum absolute atomic E-state index is 13.4. The summed E-state index contributed by atoms with van der Waals surface area (Å²) in [7, 11) is 2.03. The number of piperidine rings is 1. The summed E-state index contributed by atoms with van der Waals surface area (Å²) >= 11 is 0. The standard InChI is InChI=1S/C12H16F3N3/c1-7-5-8(3-4-18(7)2)16-12-10(14)6-9(13)11(15)17-12/h6-8H,3-5H2,1-2H3,(H,16,17). The molecule has 100 valence electrons. The molecule has 2 heterocycles. The molecular formula is C12H16F3N3. The Bertz CT molecular complexity index is 439. The molecule has 0 amide bonds. The van der Waals surface area contributed by atoms with Gasteiger partial charge in [-0.25, -0.2) is 8.78 Å². The lowest BCUT2D eigenvalue weighted by Crippen LogP contribution is -2.42. The minimum Gasteiger partial charge on any atom is -0.365 e. The van der Waals surface area contributed by atoms with Gasteiger partial charge < -0.3 is 10.2 Å². The van der Waals surface area contributed by atoms with Crippen molar-refractivity contribution in [1.29, 1.82) is 0 Å². The van der Waals surface area contributed by atoms with Crippen molar-refractivity contribution in [3.8, 4) is 0 Å². The fraction of sp³-hybridized carbons (Fsp3) is 0.583. The Morgan fingerprint density at radius 1 is 1.33 bits per heavy atom. The van der Waals surface area contributed by atoms with E-state index in [1.165, 1.54) is 0 Å². The molecule has 0 aliphatic carbocycles. The third kappa shape index (κ3) is 2.75. The van der Waals surface area contributed by atoms with Gasteiger partial charge in [0.25, 0.3) is 5.95 Å². The molecule has 0 aromatic carbocycles. The molecule has 1 N–H and O–H groups in total. The van der Waals surface area contributed by atoms with Gasteiger partial charge in [-0.3, -0.25) is 0 Å². The van der Waals surface area contributed by atoms with E-state index in [9.17, 15) is 13.2 Å². The molecule has 1 saturated heterocycles. The molecule has 0 bridgehead atoms. The first kappa shape index (κ1) is 13.1. The third-order valence-corrected chi connectivity index (χ3v) is 3.44. The molecule has 2 unspecified atom stereocenters. The number of hydrogen-bond acceptors (Lipinski definition) is 3. The van der Waals surface area contributed by atoms with Crippen LogP contribution in [0.2, 0.25) is 0 Å². The van der Waals surface area contributed by atoms with Crippen molar-refractivity contribution in [2.75, 3.05) is 18.9 Å². The molecule has 1 aromatic heterocycles. The van der Waals surface area contributed by atoms with Gasteiger partial charge in [-0.05, 0) is 26.8 Å². The summed E-state index contributed by atoms with van der Waals surface area (Å²) < 4.78 is 39.1. The van der Waals surface area contributed by atoms with Crippen molar-refractivity contribution in [3.05, 3.63) is 23.6 Å². The quantitative estimate of drug-likeness (QED) is 0.827. The number of rotatable bonds is 2. The average molecular weight is 259 g/mol. The fourth-order valence-electron chi connectivity index (χ4n) is 2.16. The largest absolute Gasteiger partial charge is 0.365 e. The van der Waals surface area contributed by atoms with E-state index < -0.39 is 17.6 Å². The Kier molecular flexibility index (Phi) is 3.75. The molecule has 0 radical (unpaired) electrons. The van der Waals surface area contributed by atoms with Crippen LogP contribution in [0.25, 0.3) is 0 Å². The summed E-state index contributed by atoms with van der Waals surface area (Å²) in [5, 5.41) is 2.85. The molecule has 2 atom stereocenters. The second-order valence-corrected chi connectivity index (χ2v) is 4.79. The van der Waals surface area contributed by atoms with Gasteiger partial charge in [0.05, 0.1) is 0 Å². The van der Waals surface area contributed by atoms with Gasteiger partial charge in [-0.15, -0.1) is 0 Å². The summed E-state index contributed by atoms with van der Waals surface area (Å²) in [6, 6.07) is 0.913. The summed E-state index contributed by atoms with van der Waals surface area (Å²) in [5.74, 6) is -3.62. The molecule has 6 heteroatoms. The highest BCUT2D eigenvalue weighted by atomic mass is 19.2. The Labute approximate surface area is 104 Å². The minimum atomic E-state index is -1.28. The maximum atomic E-state index is 13.4. The lowest BCUT2D eigenvalue weighted by atomic mass is 9.99. The highest BCUT2D eigenvalue weighted by molar-refractivity contribution is 5.37. The highest BCUT2D eigenvalue weighted by Crippen LogP contribution is 2.21. The van der Waals surface area contributed by atoms with E-state index in [2.05, 4.69) is 22.1 Å². The molecule has 1 fully saturated rings. The van der Waals surface area contributed by atoms with Crippen LogP contribution in [0.1, 0.15) is 19.8 Å². The van der Waals surface area contributed by atoms with E-state index in [4.69, 9.17) is 0 Å². The van der Waals surface area contributed by atoms with Gasteiger partial charge >= 0.3 is 0 Å². The lowest BCUT2D eigenvalue weighted by Gasteiger charge is -2.35. The predicted octanol–water partition coefficient (Wildman–Crippen LogP) is 2.39. The fourth-order valence-corrected chi connectivity index (χ4v) is 2.16. The molecule has 0 spiro atoms. The van der Waals surface area contributed by atoms with Gasteiger partial charge in [-0.2, -0.15) is 9.37 Å². The first-order chi connectivity index (χ1) is 8.47. The third-order valence-electron chi connectivity index (χ3n) is 3.44. The van der Waals surface area contributed by atoms with E-state index in [-0.39, 0.29) is 11.9 Å². The van der Waals surface area contributed by atoms with E-state index >= 15 is 0 Å². The second kappa shape index (κ2) is 5.14. The zero-order valence-electron chi connectivity index (χ0n) is 10.4. The molecule has 18 heavy (non-hydrogen) atoms. The lowest BCUT2D eigenvalue weighted by molar-refractivity contribution is 0.189. The van der Waals surface area contributed by atoms with E-state index in [0.29, 0.717) is 12.1 Å². The van der Waals surface area contributed by atoms with E-state index in [1.54, 1.807) is 0 Å². The van der Waals surface area contributed by atoms with Crippen LogP contribution in [-0.4, -0.2) is 35.6 Å². The van der Waals surface area contributed by atoms with Crippen LogP contribution < -0.4 is 5.32 Å². The van der Waals surface area contributed by atoms with Crippen LogP contribution in [0.5, 0.6) is 0 Å². The van der Waals surface area contributed by atoms with Crippen molar-refractivity contribution in [1.82, 2.24) is 9.88 Å². The van der Waals surface area contributed by atoms with Crippen LogP contribution in [0, 0.1) is 17.6 Å². The second-order valence-electron chi connectivity index (χ2n) is 4.79. The minimum absolute atomic E-state index is 0.0306. The van der Waals surface area contributed by atoms with Crippen molar-refractivity contribution < 1.29 is 13.2 Å². The monoisotopic (exact) mass is 259 g/mol. The van der Waals surface area contributed by atoms with Gasteiger partial charge in [0.15, 0.2) is 17.5 Å². The van der Waals surface area contributed by atoms with Gasteiger partial charge in [0.1, 0.15) is 0 Å². The summed E-state index contributed by atoms with van der Waals surface area (Å²) in [4.78, 5) is 5.47. The van der Waals surface area contributed by atoms with Crippen LogP contribution in [0.4, 0.5) is 19.0 Å². The van der Waals surface area contributed by atoms with Gasteiger partial charge in [0, 0.05) is 24.7 Å². The number of halogens is 3. The number of anilines is 1. The smallest absolute Gasteiger partial charge is 0.251 e. The first-order valence-corrected chi connectivity index (χ1v) is 5.95. The zero-order valence-corrected chi connectivity index (χ0v) is 10.4. The molecular weight excluding hydrogens is 243 g/mol. The van der Waals surface area contributed by atoms with E-state index in [0.717, 1.165) is 19.4 Å². The number of aromatic nitrogens is 1. The number of likely N-dealkylation sites (tertiary alicyclic amines) is 1. The normalized spacial score (nSPS) is 25.2. The van der Waals surface area contributed by atoms with Crippen molar-refractivity contribution in [3.63, 3.8) is 0 Å². The Balaban J connectivity index is 2.08. The van der Waals surface area contributed by atoms with Crippen molar-refractivity contribution in [2.45, 2.75) is 31.8 Å². The Hall–Kier alpha value is -1.30. The van der Waals surface area contributed by atoms with Gasteiger partial charge in [0.2, 0.25) is 0 Å². The molecule has 1 aliphatic heterocycles.